The first-order valence-electron chi connectivity index (χ1n) is 7.80. The van der Waals surface area contributed by atoms with Crippen LogP contribution in [0.2, 0.25) is 5.02 Å². The molecule has 1 heterocycles. The summed E-state index contributed by atoms with van der Waals surface area (Å²) in [6.07, 6.45) is 0. The molecule has 1 aromatic rings. The molecule has 7 heteroatoms. The van der Waals surface area contributed by atoms with E-state index in [4.69, 9.17) is 16.3 Å². The zero-order valence-corrected chi connectivity index (χ0v) is 15.5. The summed E-state index contributed by atoms with van der Waals surface area (Å²) < 4.78 is 32.2. The first kappa shape index (κ1) is 18.7. The summed E-state index contributed by atoms with van der Waals surface area (Å²) in [5, 5.41) is 0.611. The number of nitrogens with zero attached hydrogens (tertiary/aromatic N) is 2. The largest absolute Gasteiger partial charge is 0.383 e. The first-order chi connectivity index (χ1) is 10.8. The highest BCUT2D eigenvalue weighted by Crippen LogP contribution is 2.21. The summed E-state index contributed by atoms with van der Waals surface area (Å²) in [6.45, 7) is 6.65. The molecule has 0 aliphatic carbocycles. The minimum absolute atomic E-state index is 0.0156. The fourth-order valence-electron chi connectivity index (χ4n) is 3.06. The van der Waals surface area contributed by atoms with E-state index in [0.29, 0.717) is 24.7 Å². The van der Waals surface area contributed by atoms with Crippen LogP contribution < -0.4 is 0 Å². The minimum Gasteiger partial charge on any atom is -0.383 e. The molecular weight excluding hydrogens is 336 g/mol. The summed E-state index contributed by atoms with van der Waals surface area (Å²) in [7, 11) is -1.64. The van der Waals surface area contributed by atoms with Gasteiger partial charge in [0.2, 0.25) is 10.0 Å². The summed E-state index contributed by atoms with van der Waals surface area (Å²) in [5.74, 6) is 0.0156. The maximum Gasteiger partial charge on any atom is 0.218 e. The highest BCUT2D eigenvalue weighted by Gasteiger charge is 2.34. The van der Waals surface area contributed by atoms with Crippen LogP contribution >= 0.6 is 11.6 Å². The number of benzene rings is 1. The van der Waals surface area contributed by atoms with Crippen molar-refractivity contribution in [2.45, 2.75) is 31.7 Å². The maximum absolute atomic E-state index is 12.7. The first-order valence-corrected chi connectivity index (χ1v) is 9.79. The molecule has 1 aromatic carbocycles. The number of halogens is 1. The number of hydrogen-bond donors (Lipinski definition) is 0. The molecule has 2 unspecified atom stereocenters. The monoisotopic (exact) mass is 360 g/mol. The van der Waals surface area contributed by atoms with Gasteiger partial charge in [0.25, 0.3) is 0 Å². The van der Waals surface area contributed by atoms with E-state index in [1.807, 2.05) is 0 Å². The van der Waals surface area contributed by atoms with Crippen molar-refractivity contribution in [2.75, 3.05) is 33.4 Å². The Kier molecular flexibility index (Phi) is 6.45. The third kappa shape index (κ3) is 4.90. The number of methoxy groups -OCH3 is 1. The predicted molar refractivity (Wildman–Crippen MR) is 93.2 cm³/mol. The van der Waals surface area contributed by atoms with Crippen molar-refractivity contribution in [1.82, 2.24) is 9.21 Å². The van der Waals surface area contributed by atoms with Crippen molar-refractivity contribution < 1.29 is 13.2 Å². The van der Waals surface area contributed by atoms with E-state index in [1.54, 1.807) is 35.7 Å². The van der Waals surface area contributed by atoms with Gasteiger partial charge in [0, 0.05) is 43.9 Å². The second kappa shape index (κ2) is 7.94. The van der Waals surface area contributed by atoms with Crippen molar-refractivity contribution in [3.63, 3.8) is 0 Å². The Morgan fingerprint density at radius 2 is 1.74 bits per heavy atom. The van der Waals surface area contributed by atoms with Crippen molar-refractivity contribution in [3.8, 4) is 0 Å². The minimum atomic E-state index is -3.33. The Labute approximate surface area is 144 Å². The lowest BCUT2D eigenvalue weighted by atomic mass is 10.1. The van der Waals surface area contributed by atoms with Gasteiger partial charge in [-0.15, -0.1) is 0 Å². The molecule has 0 amide bonds. The predicted octanol–water partition coefficient (Wildman–Crippen LogP) is 2.21. The quantitative estimate of drug-likeness (QED) is 0.780. The van der Waals surface area contributed by atoms with Crippen LogP contribution in [0.15, 0.2) is 24.3 Å². The lowest BCUT2D eigenvalue weighted by Crippen LogP contribution is -2.58. The average Bonchev–Trinajstić information content (AvgIpc) is 2.48. The normalized spacial score (nSPS) is 24.0. The smallest absolute Gasteiger partial charge is 0.218 e. The third-order valence-corrected chi connectivity index (χ3v) is 6.31. The third-order valence-electron chi connectivity index (χ3n) is 4.28. The molecule has 2 rings (SSSR count). The lowest BCUT2D eigenvalue weighted by molar-refractivity contribution is 0.0495. The van der Waals surface area contributed by atoms with Gasteiger partial charge in [0.05, 0.1) is 12.4 Å². The summed E-state index contributed by atoms with van der Waals surface area (Å²) in [5.41, 5.74) is 0.761. The molecule has 0 N–H and O–H groups in total. The number of ether oxygens (including phenoxy) is 1. The summed E-state index contributed by atoms with van der Waals surface area (Å²) >= 11 is 5.85. The number of rotatable bonds is 6. The Hall–Kier alpha value is -0.660. The van der Waals surface area contributed by atoms with Crippen molar-refractivity contribution >= 4 is 21.6 Å². The van der Waals surface area contributed by atoms with Crippen LogP contribution in [0, 0.1) is 0 Å². The topological polar surface area (TPSA) is 49.9 Å². The van der Waals surface area contributed by atoms with Crippen molar-refractivity contribution in [2.24, 2.45) is 0 Å². The molecule has 0 spiro atoms. The molecule has 1 fully saturated rings. The van der Waals surface area contributed by atoms with Gasteiger partial charge in [-0.25, -0.2) is 8.42 Å². The highest BCUT2D eigenvalue weighted by molar-refractivity contribution is 7.88. The molecule has 0 aromatic heterocycles. The second-order valence-electron chi connectivity index (χ2n) is 6.13. The highest BCUT2D eigenvalue weighted by atomic mass is 35.5. The van der Waals surface area contributed by atoms with Gasteiger partial charge in [-0.3, -0.25) is 4.90 Å². The lowest BCUT2D eigenvalue weighted by Gasteiger charge is -2.43. The van der Waals surface area contributed by atoms with E-state index < -0.39 is 10.0 Å². The molecule has 5 nitrogen and oxygen atoms in total. The van der Waals surface area contributed by atoms with E-state index in [2.05, 4.69) is 18.7 Å². The Morgan fingerprint density at radius 1 is 1.17 bits per heavy atom. The molecule has 0 bridgehead atoms. The van der Waals surface area contributed by atoms with E-state index in [0.717, 1.165) is 12.1 Å². The number of sulfonamides is 1. The van der Waals surface area contributed by atoms with Crippen LogP contribution in [-0.2, 0) is 20.5 Å². The molecule has 130 valence electrons. The van der Waals surface area contributed by atoms with Crippen molar-refractivity contribution in [3.05, 3.63) is 34.9 Å². The maximum atomic E-state index is 12.7. The Bertz CT molecular complexity index is 594. The van der Waals surface area contributed by atoms with Gasteiger partial charge >= 0.3 is 0 Å². The summed E-state index contributed by atoms with van der Waals surface area (Å²) in [6, 6.07) is 7.33. The number of piperazine rings is 1. The van der Waals surface area contributed by atoms with Gasteiger partial charge in [-0.05, 0) is 31.5 Å². The molecule has 0 radical (unpaired) electrons. The second-order valence-corrected chi connectivity index (χ2v) is 8.53. The van der Waals surface area contributed by atoms with Crippen LogP contribution in [-0.4, -0.2) is 63.1 Å². The van der Waals surface area contributed by atoms with E-state index in [-0.39, 0.29) is 17.8 Å². The van der Waals surface area contributed by atoms with Crippen LogP contribution in [0.1, 0.15) is 19.4 Å². The van der Waals surface area contributed by atoms with E-state index in [9.17, 15) is 8.42 Å². The Balaban J connectivity index is 2.05. The van der Waals surface area contributed by atoms with Crippen LogP contribution in [0.3, 0.4) is 0 Å². The molecule has 2 atom stereocenters. The zero-order valence-electron chi connectivity index (χ0n) is 13.9. The van der Waals surface area contributed by atoms with Crippen LogP contribution in [0.25, 0.3) is 0 Å². The van der Waals surface area contributed by atoms with Gasteiger partial charge in [0.1, 0.15) is 0 Å². The molecule has 1 aliphatic rings. The fourth-order valence-corrected chi connectivity index (χ4v) is 4.86. The molecule has 0 saturated carbocycles. The standard InChI is InChI=1S/C16H25ClN2O3S/c1-13-10-18(11-14(2)19(13)8-9-22-3)23(20,21)12-15-4-6-16(17)7-5-15/h4-7,13-14H,8-12H2,1-3H3. The SMILES string of the molecule is COCCN1C(C)CN(S(=O)(=O)Cc2ccc(Cl)cc2)CC1C. The van der Waals surface area contributed by atoms with Gasteiger partial charge in [-0.2, -0.15) is 4.31 Å². The zero-order chi connectivity index (χ0) is 17.0. The van der Waals surface area contributed by atoms with Crippen LogP contribution in [0.4, 0.5) is 0 Å². The number of hydrogen-bond acceptors (Lipinski definition) is 4. The van der Waals surface area contributed by atoms with Crippen molar-refractivity contribution in [1.29, 1.82) is 0 Å². The van der Waals surface area contributed by atoms with Gasteiger partial charge < -0.3 is 4.74 Å². The molecule has 23 heavy (non-hydrogen) atoms. The van der Waals surface area contributed by atoms with E-state index in [1.165, 1.54) is 0 Å². The molecular formula is C16H25ClN2O3S. The summed E-state index contributed by atoms with van der Waals surface area (Å²) in [4.78, 5) is 2.30. The van der Waals surface area contributed by atoms with Gasteiger partial charge in [0.15, 0.2) is 0 Å². The molecule has 1 aliphatic heterocycles. The van der Waals surface area contributed by atoms with E-state index >= 15 is 0 Å². The average molecular weight is 361 g/mol. The van der Waals surface area contributed by atoms with Crippen LogP contribution in [0.5, 0.6) is 0 Å². The molecule has 1 saturated heterocycles. The van der Waals surface area contributed by atoms with Gasteiger partial charge in [-0.1, -0.05) is 23.7 Å². The Morgan fingerprint density at radius 3 is 2.26 bits per heavy atom. The fraction of sp³-hybridized carbons (Fsp3) is 0.625.